The summed E-state index contributed by atoms with van der Waals surface area (Å²) < 4.78 is 4.29. The zero-order valence-electron chi connectivity index (χ0n) is 6.27. The molecule has 0 aliphatic heterocycles. The van der Waals surface area contributed by atoms with Crippen LogP contribution in [-0.2, 0) is 9.53 Å². The molecule has 0 aliphatic rings. The average Bonchev–Trinajstić information content (AvgIpc) is 2.15. The van der Waals surface area contributed by atoms with Gasteiger partial charge in [0, 0.05) is 18.0 Å². The monoisotopic (exact) mass is 165 g/mol. The normalized spacial score (nSPS) is 9.00. The molecular weight excluding hydrogens is 158 g/mol. The van der Waals surface area contributed by atoms with Gasteiger partial charge in [0.15, 0.2) is 6.61 Å². The number of pyridine rings is 1. The van der Waals surface area contributed by atoms with E-state index in [2.05, 4.69) is 9.72 Å². The molecule has 0 spiro atoms. The molecule has 0 radical (unpaired) electrons. The van der Waals surface area contributed by atoms with Crippen LogP contribution in [0, 0.1) is 0 Å². The number of nitrogens with zero attached hydrogens (tertiary/aromatic N) is 1. The molecule has 0 saturated heterocycles. The van der Waals surface area contributed by atoms with E-state index < -0.39 is 0 Å². The van der Waals surface area contributed by atoms with Crippen molar-refractivity contribution in [3.8, 4) is 0 Å². The van der Waals surface area contributed by atoms with E-state index in [-0.39, 0.29) is 18.9 Å². The molecule has 12 heavy (non-hydrogen) atoms. The summed E-state index contributed by atoms with van der Waals surface area (Å²) in [6.07, 6.45) is 2.99. The van der Waals surface area contributed by atoms with Crippen LogP contribution in [0.15, 0.2) is 24.5 Å². The molecule has 62 valence electrons. The highest BCUT2D eigenvalue weighted by Gasteiger charge is 2.04. The lowest BCUT2D eigenvalue weighted by molar-refractivity contribution is -0.127. The van der Waals surface area contributed by atoms with Crippen molar-refractivity contribution in [3.05, 3.63) is 30.1 Å². The number of carbonyl (C=O) groups excluding carboxylic acids is 2. The zero-order valence-corrected chi connectivity index (χ0v) is 6.27. The van der Waals surface area contributed by atoms with Gasteiger partial charge in [-0.15, -0.1) is 0 Å². The van der Waals surface area contributed by atoms with E-state index in [1.165, 1.54) is 6.20 Å². The first-order valence-corrected chi connectivity index (χ1v) is 3.33. The Morgan fingerprint density at radius 1 is 1.67 bits per heavy atom. The van der Waals surface area contributed by atoms with Crippen molar-refractivity contribution in [1.82, 2.24) is 4.98 Å². The standard InChI is InChI=1S/C8H7NO3/c10-6-12-5-8(11)7-2-1-3-9-4-7/h1-4,6H,5H2. The fraction of sp³-hybridized carbons (Fsp3) is 0.125. The smallest absolute Gasteiger partial charge is 0.293 e. The lowest BCUT2D eigenvalue weighted by Gasteiger charge is -1.96. The summed E-state index contributed by atoms with van der Waals surface area (Å²) in [6, 6.07) is 3.26. The minimum Gasteiger partial charge on any atom is -0.459 e. The first-order chi connectivity index (χ1) is 5.84. The third kappa shape index (κ3) is 2.16. The van der Waals surface area contributed by atoms with Crippen molar-refractivity contribution >= 4 is 12.3 Å². The number of hydrogen-bond acceptors (Lipinski definition) is 4. The second-order valence-corrected chi connectivity index (χ2v) is 2.07. The van der Waals surface area contributed by atoms with Crippen LogP contribution in [0.25, 0.3) is 0 Å². The number of Topliss-reactive ketones (excluding diaryl/α,β-unsaturated/α-hetero) is 1. The fourth-order valence-corrected chi connectivity index (χ4v) is 0.721. The molecule has 0 bridgehead atoms. The minimum atomic E-state index is -0.254. The van der Waals surface area contributed by atoms with E-state index >= 15 is 0 Å². The van der Waals surface area contributed by atoms with Gasteiger partial charge in [-0.2, -0.15) is 0 Å². The predicted octanol–water partition coefficient (Wildman–Crippen LogP) is 0.437. The highest BCUT2D eigenvalue weighted by atomic mass is 16.5. The van der Waals surface area contributed by atoms with Crippen LogP contribution in [0.2, 0.25) is 0 Å². The molecule has 4 nitrogen and oxygen atoms in total. The molecule has 1 rings (SSSR count). The van der Waals surface area contributed by atoms with Crippen LogP contribution in [0.1, 0.15) is 10.4 Å². The Balaban J connectivity index is 2.59. The van der Waals surface area contributed by atoms with Gasteiger partial charge in [0.1, 0.15) is 0 Å². The molecule has 0 aliphatic carbocycles. The van der Waals surface area contributed by atoms with Gasteiger partial charge in [-0.05, 0) is 12.1 Å². The zero-order chi connectivity index (χ0) is 8.81. The highest BCUT2D eigenvalue weighted by Crippen LogP contribution is 1.96. The van der Waals surface area contributed by atoms with Gasteiger partial charge in [0.25, 0.3) is 6.47 Å². The van der Waals surface area contributed by atoms with Crippen molar-refractivity contribution in [3.63, 3.8) is 0 Å². The van der Waals surface area contributed by atoms with Gasteiger partial charge in [0.2, 0.25) is 5.78 Å². The third-order valence-corrected chi connectivity index (χ3v) is 1.27. The average molecular weight is 165 g/mol. The highest BCUT2D eigenvalue weighted by molar-refractivity contribution is 5.97. The maximum absolute atomic E-state index is 11.1. The Hall–Kier alpha value is -1.71. The van der Waals surface area contributed by atoms with Crippen molar-refractivity contribution < 1.29 is 14.3 Å². The number of ketones is 1. The van der Waals surface area contributed by atoms with Crippen LogP contribution < -0.4 is 0 Å². The largest absolute Gasteiger partial charge is 0.459 e. The molecule has 0 unspecified atom stereocenters. The van der Waals surface area contributed by atoms with Gasteiger partial charge in [0.05, 0.1) is 0 Å². The maximum atomic E-state index is 11.1. The second kappa shape index (κ2) is 4.23. The van der Waals surface area contributed by atoms with E-state index in [0.717, 1.165) is 0 Å². The van der Waals surface area contributed by atoms with Crippen molar-refractivity contribution in [2.75, 3.05) is 6.61 Å². The maximum Gasteiger partial charge on any atom is 0.293 e. The SMILES string of the molecule is O=COCC(=O)c1cccnc1. The van der Waals surface area contributed by atoms with E-state index in [0.29, 0.717) is 5.56 Å². The number of aromatic nitrogens is 1. The van der Waals surface area contributed by atoms with E-state index in [4.69, 9.17) is 0 Å². The molecular formula is C8H7NO3. The van der Waals surface area contributed by atoms with Crippen LogP contribution in [-0.4, -0.2) is 23.8 Å². The molecule has 0 atom stereocenters. The Kier molecular flexibility index (Phi) is 2.95. The molecule has 0 amide bonds. The molecule has 4 heteroatoms. The third-order valence-electron chi connectivity index (χ3n) is 1.27. The molecule has 1 aromatic heterocycles. The lowest BCUT2D eigenvalue weighted by Crippen LogP contribution is -2.08. The van der Waals surface area contributed by atoms with Gasteiger partial charge in [-0.1, -0.05) is 0 Å². The quantitative estimate of drug-likeness (QED) is 0.479. The first-order valence-electron chi connectivity index (χ1n) is 3.33. The number of ether oxygens (including phenoxy) is 1. The van der Waals surface area contributed by atoms with Gasteiger partial charge in [-0.3, -0.25) is 14.6 Å². The van der Waals surface area contributed by atoms with E-state index in [1.54, 1.807) is 18.3 Å². The van der Waals surface area contributed by atoms with Gasteiger partial charge in [-0.25, -0.2) is 0 Å². The number of hydrogen-bond donors (Lipinski definition) is 0. The lowest BCUT2D eigenvalue weighted by atomic mass is 10.2. The van der Waals surface area contributed by atoms with E-state index in [1.807, 2.05) is 0 Å². The summed E-state index contributed by atoms with van der Waals surface area (Å²) in [7, 11) is 0. The molecule has 0 N–H and O–H groups in total. The summed E-state index contributed by atoms with van der Waals surface area (Å²) in [5.41, 5.74) is 0.444. The molecule has 0 saturated carbocycles. The summed E-state index contributed by atoms with van der Waals surface area (Å²) in [5.74, 6) is -0.254. The number of rotatable bonds is 4. The molecule has 1 aromatic rings. The fourth-order valence-electron chi connectivity index (χ4n) is 0.721. The van der Waals surface area contributed by atoms with Crippen molar-refractivity contribution in [2.24, 2.45) is 0 Å². The minimum absolute atomic E-state index is 0.227. The Bertz CT molecular complexity index is 271. The molecule has 0 aromatic carbocycles. The summed E-state index contributed by atoms with van der Waals surface area (Å²) >= 11 is 0. The second-order valence-electron chi connectivity index (χ2n) is 2.07. The van der Waals surface area contributed by atoms with Crippen LogP contribution in [0.3, 0.4) is 0 Å². The first kappa shape index (κ1) is 8.39. The van der Waals surface area contributed by atoms with E-state index in [9.17, 15) is 9.59 Å². The topological polar surface area (TPSA) is 56.3 Å². The van der Waals surface area contributed by atoms with Crippen LogP contribution in [0.4, 0.5) is 0 Å². The Morgan fingerprint density at radius 2 is 2.50 bits per heavy atom. The Morgan fingerprint density at radius 3 is 3.08 bits per heavy atom. The Labute approximate surface area is 69.2 Å². The predicted molar refractivity (Wildman–Crippen MR) is 40.6 cm³/mol. The van der Waals surface area contributed by atoms with Crippen molar-refractivity contribution in [1.29, 1.82) is 0 Å². The van der Waals surface area contributed by atoms with Crippen LogP contribution >= 0.6 is 0 Å². The van der Waals surface area contributed by atoms with Gasteiger partial charge >= 0.3 is 0 Å². The summed E-state index contributed by atoms with van der Waals surface area (Å²) in [5, 5.41) is 0. The molecule has 1 heterocycles. The van der Waals surface area contributed by atoms with Gasteiger partial charge < -0.3 is 4.74 Å². The summed E-state index contributed by atoms with van der Waals surface area (Å²) in [6.45, 7) is 0.0173. The summed E-state index contributed by atoms with van der Waals surface area (Å²) in [4.78, 5) is 24.6. The molecule has 0 fully saturated rings. The van der Waals surface area contributed by atoms with Crippen molar-refractivity contribution in [2.45, 2.75) is 0 Å². The van der Waals surface area contributed by atoms with Crippen LogP contribution in [0.5, 0.6) is 0 Å². The number of carbonyl (C=O) groups is 2.